The Morgan fingerprint density at radius 2 is 1.83 bits per heavy atom. The van der Waals surface area contributed by atoms with Crippen LogP contribution in [0.2, 0.25) is 0 Å². The number of amides is 1. The minimum atomic E-state index is -0.548. The van der Waals surface area contributed by atoms with Gasteiger partial charge in [0.25, 0.3) is 5.91 Å². The Morgan fingerprint density at radius 1 is 1.00 bits per heavy atom. The van der Waals surface area contributed by atoms with E-state index < -0.39 is 5.91 Å². The van der Waals surface area contributed by atoms with Gasteiger partial charge in [-0.05, 0) is 76.5 Å². The van der Waals surface area contributed by atoms with Crippen LogP contribution < -0.4 is 16.2 Å². The van der Waals surface area contributed by atoms with E-state index >= 15 is 0 Å². The Kier molecular flexibility index (Phi) is 5.37. The van der Waals surface area contributed by atoms with E-state index in [4.69, 9.17) is 16.2 Å². The maximum Gasteiger partial charge on any atom is 0.267 e. The Bertz CT molecular complexity index is 1140. The number of pyridine rings is 1. The van der Waals surface area contributed by atoms with Crippen LogP contribution in [0.25, 0.3) is 22.4 Å². The Hall–Kier alpha value is -3.48. The van der Waals surface area contributed by atoms with Gasteiger partial charge in [0.15, 0.2) is 0 Å². The number of nitrogens with two attached hydrogens (primary N) is 2. The second kappa shape index (κ2) is 8.26. The van der Waals surface area contributed by atoms with Crippen LogP contribution in [0, 0.1) is 0 Å². The van der Waals surface area contributed by atoms with Gasteiger partial charge in [0.05, 0.1) is 5.69 Å². The Labute approximate surface area is 172 Å². The molecule has 0 bridgehead atoms. The van der Waals surface area contributed by atoms with Crippen LogP contribution in [-0.4, -0.2) is 10.9 Å². The first-order chi connectivity index (χ1) is 14.1. The standard InChI is InChI=1S/C23H19N3O2S/c24-13-15-4-9-22(19(12-15)17-10-11-29-14-17)28-18-7-5-16(6-8-18)20-2-1-3-21(26-20)23(25)27/h1-12,14H,13,24H2,(H2,25,27). The highest BCUT2D eigenvalue weighted by Gasteiger charge is 2.10. The lowest BCUT2D eigenvalue weighted by Gasteiger charge is -2.12. The van der Waals surface area contributed by atoms with E-state index in [0.717, 1.165) is 28.0 Å². The fourth-order valence-corrected chi connectivity index (χ4v) is 3.65. The number of benzene rings is 2. The molecule has 4 rings (SSSR count). The Morgan fingerprint density at radius 3 is 2.52 bits per heavy atom. The number of rotatable bonds is 6. The molecule has 2 aromatic carbocycles. The van der Waals surface area contributed by atoms with E-state index in [-0.39, 0.29) is 5.69 Å². The lowest BCUT2D eigenvalue weighted by atomic mass is 10.0. The molecule has 0 spiro atoms. The number of ether oxygens (including phenoxy) is 1. The molecule has 144 valence electrons. The summed E-state index contributed by atoms with van der Waals surface area (Å²) in [4.78, 5) is 15.6. The van der Waals surface area contributed by atoms with Crippen molar-refractivity contribution in [3.63, 3.8) is 0 Å². The van der Waals surface area contributed by atoms with Crippen molar-refractivity contribution in [2.24, 2.45) is 11.5 Å². The normalized spacial score (nSPS) is 10.7. The van der Waals surface area contributed by atoms with Crippen LogP contribution in [0.5, 0.6) is 11.5 Å². The average molecular weight is 401 g/mol. The zero-order valence-corrected chi connectivity index (χ0v) is 16.4. The van der Waals surface area contributed by atoms with Gasteiger partial charge in [-0.2, -0.15) is 11.3 Å². The molecule has 0 atom stereocenters. The summed E-state index contributed by atoms with van der Waals surface area (Å²) in [5.41, 5.74) is 16.1. The molecule has 0 unspecified atom stereocenters. The average Bonchev–Trinajstić information content (AvgIpc) is 3.29. The molecule has 0 aliphatic carbocycles. The van der Waals surface area contributed by atoms with Crippen molar-refractivity contribution in [3.8, 4) is 33.9 Å². The molecule has 2 heterocycles. The smallest absolute Gasteiger partial charge is 0.267 e. The molecule has 0 aliphatic rings. The predicted molar refractivity (Wildman–Crippen MR) is 116 cm³/mol. The van der Waals surface area contributed by atoms with Crippen molar-refractivity contribution in [2.45, 2.75) is 6.54 Å². The number of hydrogen-bond acceptors (Lipinski definition) is 5. The summed E-state index contributed by atoms with van der Waals surface area (Å²) in [6.07, 6.45) is 0. The first-order valence-electron chi connectivity index (χ1n) is 9.05. The lowest BCUT2D eigenvalue weighted by molar-refractivity contribution is 0.0995. The molecular weight excluding hydrogens is 382 g/mol. The highest BCUT2D eigenvalue weighted by atomic mass is 32.1. The van der Waals surface area contributed by atoms with Crippen LogP contribution in [0.3, 0.4) is 0 Å². The van der Waals surface area contributed by atoms with E-state index in [1.807, 2.05) is 47.8 Å². The Balaban J connectivity index is 1.61. The van der Waals surface area contributed by atoms with Gasteiger partial charge in [0, 0.05) is 17.7 Å². The van der Waals surface area contributed by atoms with E-state index in [0.29, 0.717) is 18.0 Å². The number of aromatic nitrogens is 1. The van der Waals surface area contributed by atoms with Crippen molar-refractivity contribution in [1.29, 1.82) is 0 Å². The molecule has 4 aromatic rings. The zero-order valence-electron chi connectivity index (χ0n) is 15.5. The zero-order chi connectivity index (χ0) is 20.2. The van der Waals surface area contributed by atoms with E-state index in [1.165, 1.54) is 0 Å². The molecule has 4 N–H and O–H groups in total. The maximum atomic E-state index is 11.3. The third-order valence-electron chi connectivity index (χ3n) is 4.49. The van der Waals surface area contributed by atoms with Gasteiger partial charge in [0.2, 0.25) is 0 Å². The summed E-state index contributed by atoms with van der Waals surface area (Å²) in [5, 5.41) is 4.12. The largest absolute Gasteiger partial charge is 0.457 e. The fraction of sp³-hybridized carbons (Fsp3) is 0.0435. The molecule has 5 nitrogen and oxygen atoms in total. The van der Waals surface area contributed by atoms with Crippen LogP contribution >= 0.6 is 11.3 Å². The molecule has 29 heavy (non-hydrogen) atoms. The van der Waals surface area contributed by atoms with Crippen molar-refractivity contribution in [2.75, 3.05) is 0 Å². The highest BCUT2D eigenvalue weighted by molar-refractivity contribution is 7.08. The number of hydrogen-bond donors (Lipinski definition) is 2. The topological polar surface area (TPSA) is 91.2 Å². The maximum absolute atomic E-state index is 11.3. The summed E-state index contributed by atoms with van der Waals surface area (Å²) in [6, 6.07) is 20.8. The summed E-state index contributed by atoms with van der Waals surface area (Å²) in [7, 11) is 0. The molecule has 2 aromatic heterocycles. The SMILES string of the molecule is NCc1ccc(Oc2ccc(-c3cccc(C(N)=O)n3)cc2)c(-c2ccsc2)c1. The van der Waals surface area contributed by atoms with Crippen molar-refractivity contribution in [1.82, 2.24) is 4.98 Å². The third-order valence-corrected chi connectivity index (χ3v) is 5.17. The van der Waals surface area contributed by atoms with Gasteiger partial charge in [0.1, 0.15) is 17.2 Å². The van der Waals surface area contributed by atoms with E-state index in [9.17, 15) is 4.79 Å². The fourth-order valence-electron chi connectivity index (χ4n) is 2.99. The van der Waals surface area contributed by atoms with Crippen LogP contribution in [0.4, 0.5) is 0 Å². The first-order valence-corrected chi connectivity index (χ1v) is 9.99. The monoisotopic (exact) mass is 401 g/mol. The van der Waals surface area contributed by atoms with E-state index in [1.54, 1.807) is 23.5 Å². The predicted octanol–water partition coefficient (Wildman–Crippen LogP) is 4.83. The van der Waals surface area contributed by atoms with Crippen molar-refractivity contribution in [3.05, 3.63) is 88.7 Å². The molecule has 0 fully saturated rings. The van der Waals surface area contributed by atoms with Gasteiger partial charge >= 0.3 is 0 Å². The highest BCUT2D eigenvalue weighted by Crippen LogP contribution is 2.35. The summed E-state index contributed by atoms with van der Waals surface area (Å²) >= 11 is 1.64. The first kappa shape index (κ1) is 18.9. The van der Waals surface area contributed by atoms with Crippen molar-refractivity contribution < 1.29 is 9.53 Å². The number of carbonyl (C=O) groups is 1. The van der Waals surface area contributed by atoms with E-state index in [2.05, 4.69) is 22.5 Å². The third kappa shape index (κ3) is 4.18. The minimum Gasteiger partial charge on any atom is -0.457 e. The lowest BCUT2D eigenvalue weighted by Crippen LogP contribution is -2.12. The van der Waals surface area contributed by atoms with Gasteiger partial charge in [-0.3, -0.25) is 4.79 Å². The van der Waals surface area contributed by atoms with Crippen LogP contribution in [0.1, 0.15) is 16.1 Å². The summed E-state index contributed by atoms with van der Waals surface area (Å²) in [6.45, 7) is 0.476. The number of primary amides is 1. The molecule has 6 heteroatoms. The van der Waals surface area contributed by atoms with Gasteiger partial charge in [-0.25, -0.2) is 4.98 Å². The second-order valence-corrected chi connectivity index (χ2v) is 7.23. The molecule has 0 aliphatic heterocycles. The van der Waals surface area contributed by atoms with Crippen LogP contribution in [0.15, 0.2) is 77.5 Å². The van der Waals surface area contributed by atoms with Gasteiger partial charge in [-0.15, -0.1) is 0 Å². The van der Waals surface area contributed by atoms with Crippen molar-refractivity contribution >= 4 is 17.2 Å². The molecular formula is C23H19N3O2S. The van der Waals surface area contributed by atoms with Gasteiger partial charge in [-0.1, -0.05) is 12.1 Å². The number of nitrogens with zero attached hydrogens (tertiary/aromatic N) is 1. The minimum absolute atomic E-state index is 0.239. The summed E-state index contributed by atoms with van der Waals surface area (Å²) < 4.78 is 6.15. The summed E-state index contributed by atoms with van der Waals surface area (Å²) in [5.74, 6) is 0.924. The molecule has 1 amide bonds. The molecule has 0 saturated heterocycles. The van der Waals surface area contributed by atoms with Crippen LogP contribution in [-0.2, 0) is 6.54 Å². The number of thiophene rings is 1. The molecule has 0 radical (unpaired) electrons. The number of carbonyl (C=O) groups excluding carboxylic acids is 1. The second-order valence-electron chi connectivity index (χ2n) is 6.45. The quantitative estimate of drug-likeness (QED) is 0.484. The molecule has 0 saturated carbocycles. The van der Waals surface area contributed by atoms with Gasteiger partial charge < -0.3 is 16.2 Å².